The maximum Gasteiger partial charge on any atom is 0.251 e. The minimum Gasteiger partial charge on any atom is -0.348 e. The quantitative estimate of drug-likeness (QED) is 0.895. The van der Waals surface area contributed by atoms with Crippen molar-refractivity contribution in [2.45, 2.75) is 20.4 Å². The second-order valence-electron chi connectivity index (χ2n) is 4.47. The average molecular weight is 243 g/mol. The van der Waals surface area contributed by atoms with Crippen LogP contribution in [0.3, 0.4) is 0 Å². The third kappa shape index (κ3) is 2.77. The van der Waals surface area contributed by atoms with Crippen molar-refractivity contribution in [1.29, 1.82) is 0 Å². The van der Waals surface area contributed by atoms with Crippen LogP contribution < -0.4 is 5.32 Å². The van der Waals surface area contributed by atoms with Crippen LogP contribution >= 0.6 is 0 Å². The molecule has 1 heterocycles. The van der Waals surface area contributed by atoms with Gasteiger partial charge in [-0.25, -0.2) is 0 Å². The van der Waals surface area contributed by atoms with E-state index in [1.807, 2.05) is 51.4 Å². The molecule has 1 amide bonds. The molecule has 2 rings (SSSR count). The third-order valence-electron chi connectivity index (χ3n) is 2.83. The Morgan fingerprint density at radius 1 is 1.39 bits per heavy atom. The number of carbonyl (C=O) groups is 1. The molecule has 0 spiro atoms. The molecule has 2 aromatic rings. The minimum atomic E-state index is -0.0537. The molecule has 0 unspecified atom stereocenters. The number of rotatable bonds is 3. The van der Waals surface area contributed by atoms with Gasteiger partial charge in [0.05, 0.1) is 5.69 Å². The summed E-state index contributed by atoms with van der Waals surface area (Å²) < 4.78 is 1.75. The molecule has 4 heteroatoms. The summed E-state index contributed by atoms with van der Waals surface area (Å²) in [6, 6.07) is 7.56. The first kappa shape index (κ1) is 12.4. The zero-order valence-corrected chi connectivity index (χ0v) is 10.9. The van der Waals surface area contributed by atoms with E-state index >= 15 is 0 Å². The van der Waals surface area contributed by atoms with Crippen molar-refractivity contribution in [3.63, 3.8) is 0 Å². The summed E-state index contributed by atoms with van der Waals surface area (Å²) in [5.41, 5.74) is 3.76. The molecule has 0 radical (unpaired) electrons. The van der Waals surface area contributed by atoms with Crippen LogP contribution in [0.2, 0.25) is 0 Å². The predicted octanol–water partition coefficient (Wildman–Crippen LogP) is 1.97. The second kappa shape index (κ2) is 5.04. The van der Waals surface area contributed by atoms with E-state index in [1.165, 1.54) is 0 Å². The van der Waals surface area contributed by atoms with Gasteiger partial charge in [0.2, 0.25) is 0 Å². The Morgan fingerprint density at radius 3 is 2.78 bits per heavy atom. The van der Waals surface area contributed by atoms with E-state index in [1.54, 1.807) is 4.68 Å². The largest absolute Gasteiger partial charge is 0.348 e. The topological polar surface area (TPSA) is 46.9 Å². The van der Waals surface area contributed by atoms with Crippen molar-refractivity contribution >= 4 is 5.91 Å². The highest BCUT2D eigenvalue weighted by molar-refractivity contribution is 5.94. The van der Waals surface area contributed by atoms with Crippen LogP contribution in [-0.2, 0) is 13.6 Å². The van der Waals surface area contributed by atoms with Crippen molar-refractivity contribution in [1.82, 2.24) is 15.1 Å². The Balaban J connectivity index is 2.02. The van der Waals surface area contributed by atoms with Crippen molar-refractivity contribution in [3.8, 4) is 0 Å². The highest BCUT2D eigenvalue weighted by Crippen LogP contribution is 2.06. The molecule has 0 aliphatic rings. The fourth-order valence-corrected chi connectivity index (χ4v) is 1.89. The SMILES string of the molecule is Cc1cccc(C(=O)NCc2cn(C)nc2C)c1. The number of nitrogens with one attached hydrogen (secondary N) is 1. The lowest BCUT2D eigenvalue weighted by molar-refractivity contribution is 0.0951. The first-order chi connectivity index (χ1) is 8.56. The van der Waals surface area contributed by atoms with Gasteiger partial charge in [0.15, 0.2) is 0 Å². The molecular formula is C14H17N3O. The van der Waals surface area contributed by atoms with Crippen LogP contribution in [0.5, 0.6) is 0 Å². The monoisotopic (exact) mass is 243 g/mol. The Bertz CT molecular complexity index is 572. The molecule has 1 aromatic carbocycles. The summed E-state index contributed by atoms with van der Waals surface area (Å²) >= 11 is 0. The minimum absolute atomic E-state index is 0.0537. The number of hydrogen-bond donors (Lipinski definition) is 1. The van der Waals surface area contributed by atoms with Crippen LogP contribution in [-0.4, -0.2) is 15.7 Å². The predicted molar refractivity (Wildman–Crippen MR) is 70.3 cm³/mol. The number of hydrogen-bond acceptors (Lipinski definition) is 2. The molecule has 0 bridgehead atoms. The summed E-state index contributed by atoms with van der Waals surface area (Å²) in [6.07, 6.45) is 1.92. The Hall–Kier alpha value is -2.10. The zero-order valence-electron chi connectivity index (χ0n) is 10.9. The summed E-state index contributed by atoms with van der Waals surface area (Å²) in [7, 11) is 1.87. The van der Waals surface area contributed by atoms with Crippen molar-refractivity contribution in [2.75, 3.05) is 0 Å². The number of carbonyl (C=O) groups excluding carboxylic acids is 1. The summed E-state index contributed by atoms with van der Waals surface area (Å²) in [5.74, 6) is -0.0537. The van der Waals surface area contributed by atoms with Crippen LogP contribution in [0, 0.1) is 13.8 Å². The van der Waals surface area contributed by atoms with E-state index in [0.29, 0.717) is 12.1 Å². The van der Waals surface area contributed by atoms with Gasteiger partial charge in [0.25, 0.3) is 5.91 Å². The standard InChI is InChI=1S/C14H17N3O/c1-10-5-4-6-12(7-10)14(18)15-8-13-9-17(3)16-11(13)2/h4-7,9H,8H2,1-3H3,(H,15,18). The van der Waals surface area contributed by atoms with Crippen LogP contribution in [0.1, 0.15) is 27.2 Å². The number of amides is 1. The number of aromatic nitrogens is 2. The van der Waals surface area contributed by atoms with E-state index < -0.39 is 0 Å². The van der Waals surface area contributed by atoms with E-state index in [2.05, 4.69) is 10.4 Å². The molecule has 0 atom stereocenters. The molecular weight excluding hydrogens is 226 g/mol. The number of nitrogens with zero attached hydrogens (tertiary/aromatic N) is 2. The molecule has 0 aliphatic heterocycles. The van der Waals surface area contributed by atoms with Crippen molar-refractivity contribution in [2.24, 2.45) is 7.05 Å². The van der Waals surface area contributed by atoms with Crippen molar-refractivity contribution < 1.29 is 4.79 Å². The number of benzene rings is 1. The van der Waals surface area contributed by atoms with Crippen LogP contribution in [0.25, 0.3) is 0 Å². The molecule has 18 heavy (non-hydrogen) atoms. The van der Waals surface area contributed by atoms with Gasteiger partial charge in [-0.05, 0) is 26.0 Å². The summed E-state index contributed by atoms with van der Waals surface area (Å²) in [6.45, 7) is 4.42. The highest BCUT2D eigenvalue weighted by Gasteiger charge is 2.07. The van der Waals surface area contributed by atoms with Gasteiger partial charge in [0, 0.05) is 30.9 Å². The van der Waals surface area contributed by atoms with Gasteiger partial charge >= 0.3 is 0 Å². The maximum absolute atomic E-state index is 11.9. The lowest BCUT2D eigenvalue weighted by atomic mass is 10.1. The zero-order chi connectivity index (χ0) is 13.1. The van der Waals surface area contributed by atoms with Gasteiger partial charge in [0.1, 0.15) is 0 Å². The molecule has 0 fully saturated rings. The Labute approximate surface area is 107 Å². The van der Waals surface area contributed by atoms with E-state index in [0.717, 1.165) is 16.8 Å². The lowest BCUT2D eigenvalue weighted by Gasteiger charge is -2.05. The molecule has 94 valence electrons. The van der Waals surface area contributed by atoms with E-state index in [4.69, 9.17) is 0 Å². The molecule has 0 saturated carbocycles. The summed E-state index contributed by atoms with van der Waals surface area (Å²) in [4.78, 5) is 11.9. The maximum atomic E-state index is 11.9. The smallest absolute Gasteiger partial charge is 0.251 e. The third-order valence-corrected chi connectivity index (χ3v) is 2.83. The first-order valence-corrected chi connectivity index (χ1v) is 5.90. The molecule has 0 aliphatic carbocycles. The Kier molecular flexibility index (Phi) is 3.46. The molecule has 1 N–H and O–H groups in total. The van der Waals surface area contributed by atoms with Gasteiger partial charge < -0.3 is 5.32 Å². The van der Waals surface area contributed by atoms with Gasteiger partial charge in [-0.2, -0.15) is 5.10 Å². The van der Waals surface area contributed by atoms with E-state index in [-0.39, 0.29) is 5.91 Å². The van der Waals surface area contributed by atoms with Crippen LogP contribution in [0.4, 0.5) is 0 Å². The van der Waals surface area contributed by atoms with Crippen LogP contribution in [0.15, 0.2) is 30.5 Å². The number of aryl methyl sites for hydroxylation is 3. The normalized spacial score (nSPS) is 10.4. The Morgan fingerprint density at radius 2 is 2.17 bits per heavy atom. The fourth-order valence-electron chi connectivity index (χ4n) is 1.89. The highest BCUT2D eigenvalue weighted by atomic mass is 16.1. The van der Waals surface area contributed by atoms with Gasteiger partial charge in [-0.15, -0.1) is 0 Å². The van der Waals surface area contributed by atoms with Crippen molar-refractivity contribution in [3.05, 3.63) is 52.8 Å². The van der Waals surface area contributed by atoms with Gasteiger partial charge in [-0.3, -0.25) is 9.48 Å². The second-order valence-corrected chi connectivity index (χ2v) is 4.47. The molecule has 1 aromatic heterocycles. The molecule has 4 nitrogen and oxygen atoms in total. The fraction of sp³-hybridized carbons (Fsp3) is 0.286. The summed E-state index contributed by atoms with van der Waals surface area (Å²) in [5, 5.41) is 7.15. The van der Waals surface area contributed by atoms with E-state index in [9.17, 15) is 4.79 Å². The van der Waals surface area contributed by atoms with Gasteiger partial charge in [-0.1, -0.05) is 17.7 Å². The average Bonchev–Trinajstić information content (AvgIpc) is 2.65. The first-order valence-electron chi connectivity index (χ1n) is 5.90. The molecule has 0 saturated heterocycles. The lowest BCUT2D eigenvalue weighted by Crippen LogP contribution is -2.22.